The quantitative estimate of drug-likeness (QED) is 0.851. The fourth-order valence-corrected chi connectivity index (χ4v) is 2.54. The van der Waals surface area contributed by atoms with Crippen LogP contribution in [0, 0.1) is 13.8 Å². The number of carbonyl (C=O) groups excluding carboxylic acids is 3. The van der Waals surface area contributed by atoms with Gasteiger partial charge >= 0.3 is 6.01 Å². The molecule has 24 heavy (non-hydrogen) atoms. The van der Waals surface area contributed by atoms with Crippen LogP contribution in [0.4, 0.5) is 6.01 Å². The van der Waals surface area contributed by atoms with E-state index >= 15 is 0 Å². The number of rotatable bonds is 4. The average Bonchev–Trinajstić information content (AvgIpc) is 3.09. The molecule has 8 nitrogen and oxygen atoms in total. The van der Waals surface area contributed by atoms with Gasteiger partial charge < -0.3 is 4.42 Å². The van der Waals surface area contributed by atoms with Crippen molar-refractivity contribution in [3.63, 3.8) is 0 Å². The predicted molar refractivity (Wildman–Crippen MR) is 83.8 cm³/mol. The lowest BCUT2D eigenvalue weighted by molar-refractivity contribution is -0.141. The van der Waals surface area contributed by atoms with Gasteiger partial charge in [-0.05, 0) is 25.5 Å². The van der Waals surface area contributed by atoms with Crippen LogP contribution in [-0.2, 0) is 14.4 Å². The number of amides is 3. The lowest BCUT2D eigenvalue weighted by Gasteiger charge is -2.11. The van der Waals surface area contributed by atoms with Crippen LogP contribution in [0.5, 0.6) is 0 Å². The van der Waals surface area contributed by atoms with E-state index in [1.807, 2.05) is 32.0 Å². The Balaban J connectivity index is 1.68. The Labute approximate surface area is 137 Å². The zero-order chi connectivity index (χ0) is 17.3. The molecule has 2 aromatic rings. The summed E-state index contributed by atoms with van der Waals surface area (Å²) in [4.78, 5) is 35.9. The van der Waals surface area contributed by atoms with Crippen molar-refractivity contribution in [2.45, 2.75) is 26.7 Å². The van der Waals surface area contributed by atoms with E-state index in [-0.39, 0.29) is 43.1 Å². The van der Waals surface area contributed by atoms with Crippen LogP contribution >= 0.6 is 0 Å². The molecule has 0 radical (unpaired) electrons. The molecule has 1 aliphatic rings. The molecule has 0 saturated carbocycles. The maximum absolute atomic E-state index is 11.9. The van der Waals surface area contributed by atoms with E-state index in [1.165, 1.54) is 0 Å². The smallest absolute Gasteiger partial charge is 0.322 e. The number of hydrogen-bond acceptors (Lipinski definition) is 6. The zero-order valence-electron chi connectivity index (χ0n) is 13.3. The zero-order valence-corrected chi connectivity index (χ0v) is 13.3. The number of aromatic nitrogens is 2. The van der Waals surface area contributed by atoms with Crippen LogP contribution in [0.2, 0.25) is 0 Å². The maximum atomic E-state index is 11.9. The maximum Gasteiger partial charge on any atom is 0.322 e. The van der Waals surface area contributed by atoms with E-state index < -0.39 is 5.91 Å². The summed E-state index contributed by atoms with van der Waals surface area (Å²) in [5.41, 5.74) is 2.87. The first-order valence-corrected chi connectivity index (χ1v) is 7.48. The number of nitrogens with zero attached hydrogens (tertiary/aromatic N) is 3. The number of likely N-dealkylation sites (tertiary alicyclic amines) is 1. The van der Waals surface area contributed by atoms with Crippen molar-refractivity contribution in [2.24, 2.45) is 0 Å². The van der Waals surface area contributed by atoms with Crippen molar-refractivity contribution in [3.8, 4) is 11.5 Å². The van der Waals surface area contributed by atoms with E-state index in [1.54, 1.807) is 0 Å². The lowest BCUT2D eigenvalue weighted by atomic mass is 10.1. The highest BCUT2D eigenvalue weighted by atomic mass is 16.4. The summed E-state index contributed by atoms with van der Waals surface area (Å²) in [5.74, 6) is -0.973. The molecule has 1 saturated heterocycles. The molecular formula is C16H16N4O4. The van der Waals surface area contributed by atoms with Gasteiger partial charge in [0.25, 0.3) is 0 Å². The highest BCUT2D eigenvalue weighted by Crippen LogP contribution is 2.24. The van der Waals surface area contributed by atoms with Gasteiger partial charge in [-0.1, -0.05) is 22.8 Å². The highest BCUT2D eigenvalue weighted by molar-refractivity contribution is 6.05. The fraction of sp³-hybridized carbons (Fsp3) is 0.312. The van der Waals surface area contributed by atoms with Crippen molar-refractivity contribution in [1.29, 1.82) is 0 Å². The van der Waals surface area contributed by atoms with Crippen LogP contribution in [0.1, 0.15) is 24.0 Å². The van der Waals surface area contributed by atoms with Crippen molar-refractivity contribution >= 4 is 23.7 Å². The van der Waals surface area contributed by atoms with Gasteiger partial charge in [-0.3, -0.25) is 24.6 Å². The SMILES string of the molecule is Cc1ccc(-c2nnc(NC(=O)CN3C(=O)CCC3=O)o2)c(C)c1. The molecule has 0 aliphatic carbocycles. The minimum Gasteiger partial charge on any atom is -0.403 e. The van der Waals surface area contributed by atoms with Crippen molar-refractivity contribution < 1.29 is 18.8 Å². The number of nitrogens with one attached hydrogen (secondary N) is 1. The number of benzene rings is 1. The lowest BCUT2D eigenvalue weighted by Crippen LogP contribution is -2.36. The van der Waals surface area contributed by atoms with Crippen LogP contribution in [0.25, 0.3) is 11.5 Å². The Morgan fingerprint density at radius 1 is 1.21 bits per heavy atom. The molecule has 0 bridgehead atoms. The van der Waals surface area contributed by atoms with E-state index in [4.69, 9.17) is 4.42 Å². The van der Waals surface area contributed by atoms with Gasteiger partial charge in [0.2, 0.25) is 23.6 Å². The second-order valence-corrected chi connectivity index (χ2v) is 5.65. The molecule has 1 aliphatic heterocycles. The number of anilines is 1. The fourth-order valence-electron chi connectivity index (χ4n) is 2.54. The first-order valence-electron chi connectivity index (χ1n) is 7.48. The summed E-state index contributed by atoms with van der Waals surface area (Å²) in [5, 5.41) is 10.1. The summed E-state index contributed by atoms with van der Waals surface area (Å²) in [6.07, 6.45) is 0.285. The molecule has 1 aromatic heterocycles. The van der Waals surface area contributed by atoms with E-state index in [0.29, 0.717) is 0 Å². The Morgan fingerprint density at radius 3 is 2.58 bits per heavy atom. The second kappa shape index (κ2) is 6.23. The second-order valence-electron chi connectivity index (χ2n) is 5.65. The molecule has 0 unspecified atom stereocenters. The Kier molecular flexibility index (Phi) is 4.11. The number of aryl methyl sites for hydroxylation is 2. The summed E-state index contributed by atoms with van der Waals surface area (Å²) in [6, 6.07) is 5.71. The van der Waals surface area contributed by atoms with Gasteiger partial charge in [0, 0.05) is 18.4 Å². The van der Waals surface area contributed by atoms with Crippen LogP contribution in [-0.4, -0.2) is 39.4 Å². The molecular weight excluding hydrogens is 312 g/mol. The van der Waals surface area contributed by atoms with Gasteiger partial charge in [-0.2, -0.15) is 0 Å². The minimum absolute atomic E-state index is 0.0749. The predicted octanol–water partition coefficient (Wildman–Crippen LogP) is 1.44. The van der Waals surface area contributed by atoms with Gasteiger partial charge in [-0.15, -0.1) is 5.10 Å². The van der Waals surface area contributed by atoms with E-state index in [0.717, 1.165) is 21.6 Å². The first kappa shape index (κ1) is 15.9. The molecule has 8 heteroatoms. The van der Waals surface area contributed by atoms with Crippen molar-refractivity contribution in [3.05, 3.63) is 29.3 Å². The third kappa shape index (κ3) is 3.17. The molecule has 0 atom stereocenters. The minimum atomic E-state index is -0.561. The largest absolute Gasteiger partial charge is 0.403 e. The van der Waals surface area contributed by atoms with Gasteiger partial charge in [0.05, 0.1) is 0 Å². The molecule has 1 fully saturated rings. The molecule has 124 valence electrons. The number of hydrogen-bond donors (Lipinski definition) is 1. The van der Waals surface area contributed by atoms with Crippen molar-refractivity contribution in [2.75, 3.05) is 11.9 Å². The summed E-state index contributed by atoms with van der Waals surface area (Å²) < 4.78 is 5.44. The normalized spacial score (nSPS) is 14.3. The monoisotopic (exact) mass is 328 g/mol. The van der Waals surface area contributed by atoms with Gasteiger partial charge in [0.15, 0.2) is 0 Å². The average molecular weight is 328 g/mol. The molecule has 3 amide bonds. The molecule has 2 heterocycles. The molecule has 1 aromatic carbocycles. The van der Waals surface area contributed by atoms with Gasteiger partial charge in [-0.25, -0.2) is 0 Å². The van der Waals surface area contributed by atoms with Crippen LogP contribution < -0.4 is 5.32 Å². The van der Waals surface area contributed by atoms with E-state index in [2.05, 4.69) is 15.5 Å². The molecule has 1 N–H and O–H groups in total. The Hall–Kier alpha value is -3.03. The summed E-state index contributed by atoms with van der Waals surface area (Å²) >= 11 is 0. The van der Waals surface area contributed by atoms with E-state index in [9.17, 15) is 14.4 Å². The standard InChI is InChI=1S/C16H16N4O4/c1-9-3-4-11(10(2)7-9)15-18-19-16(24-15)17-12(21)8-20-13(22)5-6-14(20)23/h3-4,7H,5-6,8H2,1-2H3,(H,17,19,21). The molecule has 3 rings (SSSR count). The third-order valence-corrected chi connectivity index (χ3v) is 3.74. The topological polar surface area (TPSA) is 105 Å². The van der Waals surface area contributed by atoms with Crippen LogP contribution in [0.3, 0.4) is 0 Å². The third-order valence-electron chi connectivity index (χ3n) is 3.74. The summed E-state index contributed by atoms with van der Waals surface area (Å²) in [7, 11) is 0. The Bertz CT molecular complexity index is 811. The Morgan fingerprint density at radius 2 is 1.92 bits per heavy atom. The highest BCUT2D eigenvalue weighted by Gasteiger charge is 2.30. The summed E-state index contributed by atoms with van der Waals surface area (Å²) in [6.45, 7) is 3.56. The molecule has 0 spiro atoms. The number of imide groups is 1. The van der Waals surface area contributed by atoms with Crippen LogP contribution in [0.15, 0.2) is 22.6 Å². The first-order chi connectivity index (χ1) is 11.4. The van der Waals surface area contributed by atoms with Crippen molar-refractivity contribution in [1.82, 2.24) is 15.1 Å². The van der Waals surface area contributed by atoms with Gasteiger partial charge in [0.1, 0.15) is 6.54 Å². The number of carbonyl (C=O) groups is 3.